The molecule has 2 N–H and O–H groups in total. The van der Waals surface area contributed by atoms with Crippen molar-refractivity contribution in [2.75, 3.05) is 24.7 Å². The minimum Gasteiger partial charge on any atom is -0.421 e. The number of anilines is 1. The van der Waals surface area contributed by atoms with Gasteiger partial charge in [0.2, 0.25) is 11.8 Å². The number of fused-ring (bicyclic) bond motifs is 2. The predicted molar refractivity (Wildman–Crippen MR) is 139 cm³/mol. The molecule has 3 atom stereocenters. The highest BCUT2D eigenvalue weighted by Gasteiger charge is 2.38. The highest BCUT2D eigenvalue weighted by Crippen LogP contribution is 2.49. The zero-order valence-corrected chi connectivity index (χ0v) is 22.1. The molecule has 0 aromatic carbocycles. The summed E-state index contributed by atoms with van der Waals surface area (Å²) in [6, 6.07) is 1.99. The van der Waals surface area contributed by atoms with Gasteiger partial charge >= 0.3 is 0 Å². The smallest absolute Gasteiger partial charge is 0.250 e. The second-order valence-electron chi connectivity index (χ2n) is 9.86. The van der Waals surface area contributed by atoms with Crippen molar-refractivity contribution in [1.29, 1.82) is 0 Å². The molecule has 0 spiro atoms. The van der Waals surface area contributed by atoms with Crippen molar-refractivity contribution >= 4 is 38.2 Å². The third-order valence-corrected chi connectivity index (χ3v) is 9.80. The Morgan fingerprint density at radius 3 is 2.81 bits per heavy atom. The third-order valence-electron chi connectivity index (χ3n) is 7.11. The van der Waals surface area contributed by atoms with E-state index in [9.17, 15) is 4.21 Å². The quantitative estimate of drug-likeness (QED) is 0.387. The van der Waals surface area contributed by atoms with E-state index < -0.39 is 10.8 Å². The van der Waals surface area contributed by atoms with Gasteiger partial charge in [0, 0.05) is 42.2 Å². The molecule has 11 heteroatoms. The van der Waals surface area contributed by atoms with Crippen molar-refractivity contribution in [3.63, 3.8) is 0 Å². The summed E-state index contributed by atoms with van der Waals surface area (Å²) in [5.74, 6) is 2.78. The van der Waals surface area contributed by atoms with Crippen LogP contribution in [-0.4, -0.2) is 48.3 Å². The number of nitrogen functional groups attached to an aromatic ring is 1. The Morgan fingerprint density at radius 2 is 2.11 bits per heavy atom. The fourth-order valence-corrected chi connectivity index (χ4v) is 8.19. The zero-order chi connectivity index (χ0) is 25.0. The van der Waals surface area contributed by atoms with Crippen molar-refractivity contribution in [2.24, 2.45) is 11.8 Å². The van der Waals surface area contributed by atoms with Gasteiger partial charge < -0.3 is 14.9 Å². The summed E-state index contributed by atoms with van der Waals surface area (Å²) in [5.41, 5.74) is 10.4. The first kappa shape index (κ1) is 23.6. The number of thiophene rings is 1. The van der Waals surface area contributed by atoms with Gasteiger partial charge in [0.15, 0.2) is 0 Å². The molecule has 2 aliphatic heterocycles. The topological polar surface area (TPSA) is 130 Å². The molecule has 0 saturated carbocycles. The standard InChI is InChI=1S/C25H28N6O3S2/c1-12(2)15-10-36(32)23-20(18-8-17-22(35-18)24(26)28-11-27-17)19(25-31-30-13(3)34-25)16(29-21(15)23)5-4-14-6-7-33-9-14/h8,11-12,14-15H,4-7,9-10H2,1-3H3,(H2,26,27,28). The van der Waals surface area contributed by atoms with Crippen LogP contribution in [0.5, 0.6) is 0 Å². The Kier molecular flexibility index (Phi) is 6.09. The van der Waals surface area contributed by atoms with Gasteiger partial charge in [-0.05, 0) is 37.2 Å². The number of rotatable bonds is 6. The molecule has 1 fully saturated rings. The lowest BCUT2D eigenvalue weighted by molar-refractivity contribution is 0.184. The van der Waals surface area contributed by atoms with E-state index in [1.54, 1.807) is 6.92 Å². The number of hydrogen-bond acceptors (Lipinski definition) is 10. The van der Waals surface area contributed by atoms with Gasteiger partial charge in [-0.15, -0.1) is 21.5 Å². The van der Waals surface area contributed by atoms with Crippen LogP contribution in [0.3, 0.4) is 0 Å². The number of pyridine rings is 1. The average Bonchev–Trinajstić information content (AvgIpc) is 3.64. The monoisotopic (exact) mass is 524 g/mol. The molecule has 3 unspecified atom stereocenters. The fourth-order valence-electron chi connectivity index (χ4n) is 5.14. The molecule has 36 heavy (non-hydrogen) atoms. The van der Waals surface area contributed by atoms with E-state index in [4.69, 9.17) is 19.9 Å². The normalized spacial score (nSPS) is 21.6. The number of hydrogen-bond donors (Lipinski definition) is 1. The van der Waals surface area contributed by atoms with Crippen LogP contribution >= 0.6 is 11.3 Å². The molecular formula is C25H28N6O3S2. The number of aromatic nitrogens is 5. The van der Waals surface area contributed by atoms with Gasteiger partial charge in [-0.1, -0.05) is 13.8 Å². The first-order chi connectivity index (χ1) is 17.4. The van der Waals surface area contributed by atoms with Crippen LogP contribution in [0.25, 0.3) is 32.1 Å². The zero-order valence-electron chi connectivity index (χ0n) is 20.5. The summed E-state index contributed by atoms with van der Waals surface area (Å²) in [4.78, 5) is 15.5. The predicted octanol–water partition coefficient (Wildman–Crippen LogP) is 4.52. The van der Waals surface area contributed by atoms with Gasteiger partial charge in [-0.25, -0.2) is 9.97 Å². The maximum atomic E-state index is 13.7. The lowest BCUT2D eigenvalue weighted by Crippen LogP contribution is -2.11. The first-order valence-electron chi connectivity index (χ1n) is 12.2. The summed E-state index contributed by atoms with van der Waals surface area (Å²) < 4.78 is 26.1. The highest BCUT2D eigenvalue weighted by molar-refractivity contribution is 7.85. The fraction of sp³-hybridized carbons (Fsp3) is 0.480. The minimum atomic E-state index is -1.21. The molecule has 6 heterocycles. The molecule has 0 radical (unpaired) electrons. The number of nitrogens with zero attached hydrogens (tertiary/aromatic N) is 5. The molecule has 6 rings (SSSR count). The molecule has 9 nitrogen and oxygen atoms in total. The van der Waals surface area contributed by atoms with E-state index in [0.717, 1.165) is 75.0 Å². The number of aryl methyl sites for hydroxylation is 2. The summed E-state index contributed by atoms with van der Waals surface area (Å²) in [6.45, 7) is 7.69. The Balaban J connectivity index is 1.63. The van der Waals surface area contributed by atoms with E-state index in [-0.39, 0.29) is 5.92 Å². The first-order valence-corrected chi connectivity index (χ1v) is 14.4. The second-order valence-corrected chi connectivity index (χ2v) is 12.3. The van der Waals surface area contributed by atoms with Crippen molar-refractivity contribution in [3.8, 4) is 21.9 Å². The average molecular weight is 525 g/mol. The molecule has 4 aromatic heterocycles. The van der Waals surface area contributed by atoms with Gasteiger partial charge in [0.1, 0.15) is 12.1 Å². The lowest BCUT2D eigenvalue weighted by Gasteiger charge is -2.19. The van der Waals surface area contributed by atoms with Crippen LogP contribution in [0, 0.1) is 18.8 Å². The van der Waals surface area contributed by atoms with Crippen LogP contribution in [0.1, 0.15) is 49.9 Å². The number of nitrogens with two attached hydrogens (primary N) is 1. The largest absolute Gasteiger partial charge is 0.421 e. The Morgan fingerprint density at radius 1 is 1.25 bits per heavy atom. The van der Waals surface area contributed by atoms with E-state index in [1.807, 2.05) is 6.07 Å². The highest BCUT2D eigenvalue weighted by atomic mass is 32.2. The molecule has 188 valence electrons. The van der Waals surface area contributed by atoms with Crippen LogP contribution in [0.15, 0.2) is 21.7 Å². The van der Waals surface area contributed by atoms with Gasteiger partial charge in [-0.3, -0.25) is 9.19 Å². The Labute approximate surface area is 215 Å². The Bertz CT molecular complexity index is 1470. The van der Waals surface area contributed by atoms with E-state index in [0.29, 0.717) is 35.2 Å². The molecule has 2 aliphatic rings. The van der Waals surface area contributed by atoms with Crippen LogP contribution < -0.4 is 5.73 Å². The van der Waals surface area contributed by atoms with Crippen LogP contribution in [0.2, 0.25) is 0 Å². The van der Waals surface area contributed by atoms with Crippen LogP contribution in [0.4, 0.5) is 5.82 Å². The molecule has 0 bridgehead atoms. The van der Waals surface area contributed by atoms with E-state index >= 15 is 0 Å². The third kappa shape index (κ3) is 4.03. The maximum absolute atomic E-state index is 13.7. The molecule has 4 aromatic rings. The van der Waals surface area contributed by atoms with E-state index in [2.05, 4.69) is 34.0 Å². The van der Waals surface area contributed by atoms with Crippen molar-refractivity contribution in [2.45, 2.75) is 50.8 Å². The molecule has 0 aliphatic carbocycles. The van der Waals surface area contributed by atoms with Crippen molar-refractivity contribution < 1.29 is 13.4 Å². The van der Waals surface area contributed by atoms with Gasteiger partial charge in [0.05, 0.1) is 42.9 Å². The van der Waals surface area contributed by atoms with Crippen molar-refractivity contribution in [1.82, 2.24) is 25.1 Å². The van der Waals surface area contributed by atoms with Gasteiger partial charge in [0.25, 0.3) is 0 Å². The minimum absolute atomic E-state index is 0.117. The summed E-state index contributed by atoms with van der Waals surface area (Å²) in [5, 5.41) is 8.50. The molecular weight excluding hydrogens is 496 g/mol. The lowest BCUT2D eigenvalue weighted by atomic mass is 9.90. The summed E-state index contributed by atoms with van der Waals surface area (Å²) >= 11 is 1.50. The van der Waals surface area contributed by atoms with Crippen LogP contribution in [-0.2, 0) is 22.0 Å². The second kappa shape index (κ2) is 9.28. The summed E-state index contributed by atoms with van der Waals surface area (Å²) in [6.07, 6.45) is 4.22. The molecule has 1 saturated heterocycles. The SMILES string of the molecule is Cc1nnc(-c2c(CCC3CCOC3)nc3c(c2-c2cc4ncnc(N)c4s2)S(=O)CC3C(C)C)o1. The van der Waals surface area contributed by atoms with Gasteiger partial charge in [-0.2, -0.15) is 0 Å². The summed E-state index contributed by atoms with van der Waals surface area (Å²) in [7, 11) is -1.21. The molecule has 0 amide bonds. The maximum Gasteiger partial charge on any atom is 0.250 e. The number of ether oxygens (including phenoxy) is 1. The van der Waals surface area contributed by atoms with E-state index in [1.165, 1.54) is 17.7 Å². The Hall–Kier alpha value is -2.76. The van der Waals surface area contributed by atoms with Crippen molar-refractivity contribution in [3.05, 3.63) is 29.7 Å².